The van der Waals surface area contributed by atoms with Gasteiger partial charge in [-0.05, 0) is 42.0 Å². The zero-order valence-electron chi connectivity index (χ0n) is 16.1. The Labute approximate surface area is 181 Å². The van der Waals surface area contributed by atoms with Crippen LogP contribution in [0.5, 0.6) is 0 Å². The van der Waals surface area contributed by atoms with E-state index in [4.69, 9.17) is 11.6 Å². The molecule has 1 aromatic carbocycles. The molecule has 1 atom stereocenters. The van der Waals surface area contributed by atoms with Crippen molar-refractivity contribution in [2.24, 2.45) is 0 Å². The number of piperidine rings is 1. The number of halogens is 1. The van der Waals surface area contributed by atoms with Gasteiger partial charge >= 0.3 is 6.03 Å². The van der Waals surface area contributed by atoms with Crippen molar-refractivity contribution in [3.8, 4) is 0 Å². The van der Waals surface area contributed by atoms with Crippen LogP contribution >= 0.6 is 22.9 Å². The van der Waals surface area contributed by atoms with Crippen LogP contribution in [0.4, 0.5) is 10.5 Å². The zero-order valence-corrected chi connectivity index (χ0v) is 17.7. The number of benzene rings is 1. The summed E-state index contributed by atoms with van der Waals surface area (Å²) in [6.07, 6.45) is 0.530. The Balaban J connectivity index is 1.40. The summed E-state index contributed by atoms with van der Waals surface area (Å²) >= 11 is 7.43. The van der Waals surface area contributed by atoms with Crippen molar-refractivity contribution in [1.82, 2.24) is 15.5 Å². The van der Waals surface area contributed by atoms with Crippen LogP contribution < -0.4 is 16.0 Å². The molecule has 0 saturated carbocycles. The number of anilines is 1. The highest BCUT2D eigenvalue weighted by molar-refractivity contribution is 7.12. The van der Waals surface area contributed by atoms with Gasteiger partial charge in [-0.2, -0.15) is 0 Å². The van der Waals surface area contributed by atoms with Crippen LogP contribution in [0.3, 0.4) is 0 Å². The van der Waals surface area contributed by atoms with Crippen molar-refractivity contribution in [3.63, 3.8) is 0 Å². The highest BCUT2D eigenvalue weighted by atomic mass is 35.5. The Kier molecular flexibility index (Phi) is 5.48. The Bertz CT molecular complexity index is 1070. The first-order valence-corrected chi connectivity index (χ1v) is 10.6. The molecule has 10 heteroatoms. The number of rotatable bonds is 4. The number of urea groups is 1. The normalized spacial score (nSPS) is 18.3. The van der Waals surface area contributed by atoms with E-state index < -0.39 is 18.0 Å². The number of carbonyl (C=O) groups is 4. The number of aryl methyl sites for hydroxylation is 1. The van der Waals surface area contributed by atoms with Gasteiger partial charge < -0.3 is 15.5 Å². The molecule has 2 aliphatic heterocycles. The van der Waals surface area contributed by atoms with Gasteiger partial charge in [-0.3, -0.25) is 19.7 Å². The number of hydrogen-bond acceptors (Lipinski definition) is 5. The van der Waals surface area contributed by atoms with E-state index in [1.807, 2.05) is 18.4 Å². The second-order valence-corrected chi connectivity index (χ2v) is 8.55. The first-order valence-electron chi connectivity index (χ1n) is 9.38. The minimum absolute atomic E-state index is 0.212. The third-order valence-electron chi connectivity index (χ3n) is 5.16. The minimum atomic E-state index is -0.650. The third-order valence-corrected chi connectivity index (χ3v) is 6.53. The Morgan fingerprint density at radius 3 is 2.87 bits per heavy atom. The van der Waals surface area contributed by atoms with Gasteiger partial charge in [-0.1, -0.05) is 17.7 Å². The fourth-order valence-corrected chi connectivity index (χ4v) is 4.91. The summed E-state index contributed by atoms with van der Waals surface area (Å²) in [7, 11) is 0. The van der Waals surface area contributed by atoms with Crippen molar-refractivity contribution in [2.75, 3.05) is 5.32 Å². The molecule has 5 amide bonds. The van der Waals surface area contributed by atoms with E-state index in [9.17, 15) is 19.2 Å². The molecule has 1 saturated heterocycles. The first-order chi connectivity index (χ1) is 14.3. The Morgan fingerprint density at radius 1 is 1.33 bits per heavy atom. The number of thiophene rings is 1. The summed E-state index contributed by atoms with van der Waals surface area (Å²) in [6, 6.07) is 4.28. The third kappa shape index (κ3) is 3.90. The van der Waals surface area contributed by atoms with Crippen molar-refractivity contribution in [2.45, 2.75) is 38.9 Å². The predicted molar refractivity (Wildman–Crippen MR) is 112 cm³/mol. The van der Waals surface area contributed by atoms with E-state index in [-0.39, 0.29) is 31.3 Å². The first kappa shape index (κ1) is 20.4. The van der Waals surface area contributed by atoms with Gasteiger partial charge in [0.25, 0.3) is 5.91 Å². The van der Waals surface area contributed by atoms with Crippen molar-refractivity contribution >= 4 is 52.4 Å². The standard InChI is InChI=1S/C20H19ClN4O4S/c1-10-2-3-14(13(21)6-10)23-20(29)22-7-11-9-30-17-12(11)8-25(19(17)28)15-4-5-16(26)24-18(15)27/h2-3,6,9,15H,4-5,7-8H2,1H3,(H2,22,23,29)(H,24,26,27). The maximum absolute atomic E-state index is 12.7. The van der Waals surface area contributed by atoms with Gasteiger partial charge in [0.1, 0.15) is 6.04 Å². The zero-order chi connectivity index (χ0) is 21.4. The van der Waals surface area contributed by atoms with E-state index in [0.29, 0.717) is 22.0 Å². The summed E-state index contributed by atoms with van der Waals surface area (Å²) in [4.78, 5) is 50.6. The van der Waals surface area contributed by atoms with E-state index >= 15 is 0 Å². The highest BCUT2D eigenvalue weighted by Gasteiger charge is 2.40. The molecule has 8 nitrogen and oxygen atoms in total. The number of fused-ring (bicyclic) bond motifs is 1. The molecule has 2 aromatic rings. The molecule has 30 heavy (non-hydrogen) atoms. The van der Waals surface area contributed by atoms with Gasteiger partial charge in [0.05, 0.1) is 15.6 Å². The molecular weight excluding hydrogens is 428 g/mol. The molecule has 0 radical (unpaired) electrons. The van der Waals surface area contributed by atoms with Crippen LogP contribution in [0.25, 0.3) is 0 Å². The topological polar surface area (TPSA) is 108 Å². The molecule has 3 N–H and O–H groups in total. The fourth-order valence-electron chi connectivity index (χ4n) is 3.59. The van der Waals surface area contributed by atoms with Gasteiger partial charge in [-0.15, -0.1) is 11.3 Å². The summed E-state index contributed by atoms with van der Waals surface area (Å²) < 4.78 is 0. The molecule has 1 fully saturated rings. The molecule has 0 aliphatic carbocycles. The van der Waals surface area contributed by atoms with Crippen LogP contribution in [-0.4, -0.2) is 34.7 Å². The van der Waals surface area contributed by atoms with Crippen molar-refractivity contribution < 1.29 is 19.2 Å². The molecule has 156 valence electrons. The molecule has 0 bridgehead atoms. The lowest BCUT2D eigenvalue weighted by atomic mass is 10.0. The molecule has 1 unspecified atom stereocenters. The fraction of sp³-hybridized carbons (Fsp3) is 0.300. The smallest absolute Gasteiger partial charge is 0.319 e. The Hall–Kier alpha value is -2.91. The average Bonchev–Trinajstić information content (AvgIpc) is 3.23. The van der Waals surface area contributed by atoms with Crippen LogP contribution in [0.15, 0.2) is 23.6 Å². The molecule has 4 rings (SSSR count). The quantitative estimate of drug-likeness (QED) is 0.627. The second kappa shape index (κ2) is 8.08. The van der Waals surface area contributed by atoms with Gasteiger partial charge in [-0.25, -0.2) is 4.79 Å². The lowest BCUT2D eigenvalue weighted by Crippen LogP contribution is -2.52. The van der Waals surface area contributed by atoms with E-state index in [2.05, 4.69) is 16.0 Å². The monoisotopic (exact) mass is 446 g/mol. The highest BCUT2D eigenvalue weighted by Crippen LogP contribution is 2.34. The van der Waals surface area contributed by atoms with E-state index in [1.165, 1.54) is 16.2 Å². The van der Waals surface area contributed by atoms with Gasteiger partial charge in [0, 0.05) is 25.1 Å². The van der Waals surface area contributed by atoms with Crippen molar-refractivity contribution in [3.05, 3.63) is 50.2 Å². The van der Waals surface area contributed by atoms with Gasteiger partial charge in [0.15, 0.2) is 0 Å². The summed E-state index contributed by atoms with van der Waals surface area (Å²) in [6.45, 7) is 2.43. The number of carbonyl (C=O) groups excluding carboxylic acids is 4. The van der Waals surface area contributed by atoms with E-state index in [0.717, 1.165) is 16.7 Å². The van der Waals surface area contributed by atoms with Gasteiger partial charge in [0.2, 0.25) is 11.8 Å². The number of nitrogens with one attached hydrogen (secondary N) is 3. The number of amides is 5. The van der Waals surface area contributed by atoms with Crippen LogP contribution in [0, 0.1) is 6.92 Å². The molecule has 0 spiro atoms. The van der Waals surface area contributed by atoms with Crippen molar-refractivity contribution in [1.29, 1.82) is 0 Å². The lowest BCUT2D eigenvalue weighted by molar-refractivity contribution is -0.136. The second-order valence-electron chi connectivity index (χ2n) is 7.26. The summed E-state index contributed by atoms with van der Waals surface area (Å²) in [5, 5.41) is 10.1. The largest absolute Gasteiger partial charge is 0.334 e. The summed E-state index contributed by atoms with van der Waals surface area (Å²) in [5.74, 6) is -0.974. The van der Waals surface area contributed by atoms with Crippen LogP contribution in [-0.2, 0) is 22.7 Å². The molecule has 2 aliphatic rings. The molecular formula is C20H19ClN4O4S. The average molecular weight is 447 g/mol. The van der Waals surface area contributed by atoms with E-state index in [1.54, 1.807) is 12.1 Å². The maximum Gasteiger partial charge on any atom is 0.319 e. The molecule has 3 heterocycles. The minimum Gasteiger partial charge on any atom is -0.334 e. The van der Waals surface area contributed by atoms with Crippen LogP contribution in [0.1, 0.15) is 39.2 Å². The lowest BCUT2D eigenvalue weighted by Gasteiger charge is -2.29. The SMILES string of the molecule is Cc1ccc(NC(=O)NCc2csc3c2CN(C2CCC(=O)NC2=O)C3=O)c(Cl)c1. The summed E-state index contributed by atoms with van der Waals surface area (Å²) in [5.41, 5.74) is 3.13. The molecule has 1 aromatic heterocycles. The van der Waals surface area contributed by atoms with Crippen LogP contribution in [0.2, 0.25) is 5.02 Å². The number of hydrogen-bond donors (Lipinski definition) is 3. The predicted octanol–water partition coefficient (Wildman–Crippen LogP) is 2.79. The maximum atomic E-state index is 12.7. The Morgan fingerprint density at radius 2 is 2.13 bits per heavy atom. The number of nitrogens with zero attached hydrogens (tertiary/aromatic N) is 1. The number of imide groups is 1.